The van der Waals surface area contributed by atoms with Crippen molar-refractivity contribution in [2.75, 3.05) is 13.7 Å². The molecule has 5 nitrogen and oxygen atoms in total. The molecule has 0 aliphatic heterocycles. The van der Waals surface area contributed by atoms with Crippen molar-refractivity contribution in [2.45, 2.75) is 39.3 Å². The number of esters is 1. The van der Waals surface area contributed by atoms with Crippen molar-refractivity contribution in [3.05, 3.63) is 35.4 Å². The molecule has 0 radical (unpaired) electrons. The third-order valence-electron chi connectivity index (χ3n) is 2.83. The Bertz CT molecular complexity index is 468. The minimum atomic E-state index is -0.417. The fourth-order valence-electron chi connectivity index (χ4n) is 1.90. The number of benzene rings is 1. The third-order valence-corrected chi connectivity index (χ3v) is 2.83. The van der Waals surface area contributed by atoms with E-state index in [4.69, 9.17) is 9.47 Å². The molecule has 0 fully saturated rings. The fourth-order valence-corrected chi connectivity index (χ4v) is 1.90. The van der Waals surface area contributed by atoms with E-state index in [0.29, 0.717) is 0 Å². The summed E-state index contributed by atoms with van der Waals surface area (Å²) in [6, 6.07) is 7.27. The molecule has 1 aromatic rings. The van der Waals surface area contributed by atoms with Gasteiger partial charge in [0.1, 0.15) is 6.61 Å². The van der Waals surface area contributed by atoms with E-state index in [-0.39, 0.29) is 31.0 Å². The van der Waals surface area contributed by atoms with Crippen LogP contribution >= 0.6 is 0 Å². The maximum atomic E-state index is 11.8. The van der Waals surface area contributed by atoms with Crippen molar-refractivity contribution < 1.29 is 19.1 Å². The third kappa shape index (κ3) is 6.40. The van der Waals surface area contributed by atoms with Crippen molar-refractivity contribution >= 4 is 11.9 Å². The van der Waals surface area contributed by atoms with Gasteiger partial charge in [0, 0.05) is 7.11 Å². The molecule has 1 rings (SSSR count). The molecule has 1 aromatic carbocycles. The maximum Gasteiger partial charge on any atom is 0.308 e. The molecule has 0 bridgehead atoms. The van der Waals surface area contributed by atoms with Gasteiger partial charge in [-0.2, -0.15) is 0 Å². The predicted molar refractivity (Wildman–Crippen MR) is 79.8 cm³/mol. The summed E-state index contributed by atoms with van der Waals surface area (Å²) in [5.41, 5.74) is 1.98. The molecule has 0 aromatic heterocycles. The second-order valence-corrected chi connectivity index (χ2v) is 5.21. The molecule has 0 saturated carbocycles. The first kappa shape index (κ1) is 17.2. The van der Waals surface area contributed by atoms with Gasteiger partial charge in [0.25, 0.3) is 0 Å². The molecule has 116 valence electrons. The summed E-state index contributed by atoms with van der Waals surface area (Å²) in [5.74, 6) is -0.603. The number of amides is 1. The quantitative estimate of drug-likeness (QED) is 0.782. The van der Waals surface area contributed by atoms with E-state index in [1.807, 2.05) is 31.2 Å². The van der Waals surface area contributed by atoms with Crippen LogP contribution in [0.2, 0.25) is 0 Å². The molecule has 21 heavy (non-hydrogen) atoms. The summed E-state index contributed by atoms with van der Waals surface area (Å²) >= 11 is 0. The zero-order valence-electron chi connectivity index (χ0n) is 13.0. The number of hydrogen-bond donors (Lipinski definition) is 1. The number of hydrogen-bond acceptors (Lipinski definition) is 4. The molecule has 1 atom stereocenters. The summed E-state index contributed by atoms with van der Waals surface area (Å²) in [5, 5.41) is 2.79. The molecule has 0 saturated heterocycles. The van der Waals surface area contributed by atoms with Crippen molar-refractivity contribution in [3.8, 4) is 0 Å². The van der Waals surface area contributed by atoms with Crippen LogP contribution in [0.15, 0.2) is 24.3 Å². The average molecular weight is 293 g/mol. The van der Waals surface area contributed by atoms with Crippen LogP contribution in [-0.2, 0) is 19.1 Å². The Hall–Kier alpha value is -1.88. The molecule has 0 spiro atoms. The normalized spacial score (nSPS) is 12.0. The van der Waals surface area contributed by atoms with Crippen LogP contribution in [0.1, 0.15) is 37.4 Å². The number of carbonyl (C=O) groups is 2. The second-order valence-electron chi connectivity index (χ2n) is 5.21. The Morgan fingerprint density at radius 1 is 1.19 bits per heavy atom. The van der Waals surface area contributed by atoms with Crippen molar-refractivity contribution in [1.29, 1.82) is 0 Å². The van der Waals surface area contributed by atoms with Gasteiger partial charge in [-0.3, -0.25) is 9.59 Å². The lowest BCUT2D eigenvalue weighted by Gasteiger charge is -2.19. The summed E-state index contributed by atoms with van der Waals surface area (Å²) < 4.78 is 9.95. The molecule has 1 amide bonds. The molecular formula is C16H23NO4. The summed E-state index contributed by atoms with van der Waals surface area (Å²) in [6.07, 6.45) is -0.0812. The first-order valence-corrected chi connectivity index (χ1v) is 6.96. The van der Waals surface area contributed by atoms with Crippen molar-refractivity contribution in [3.63, 3.8) is 0 Å². The highest BCUT2D eigenvalue weighted by Crippen LogP contribution is 2.18. The molecule has 0 heterocycles. The van der Waals surface area contributed by atoms with Gasteiger partial charge < -0.3 is 14.8 Å². The Morgan fingerprint density at radius 2 is 1.81 bits per heavy atom. The maximum absolute atomic E-state index is 11.8. The molecule has 0 aliphatic carbocycles. The van der Waals surface area contributed by atoms with Crippen LogP contribution in [0.4, 0.5) is 0 Å². The number of aryl methyl sites for hydroxylation is 1. The number of methoxy groups -OCH3 is 1. The first-order chi connectivity index (χ1) is 9.92. The van der Waals surface area contributed by atoms with Gasteiger partial charge in [-0.25, -0.2) is 0 Å². The van der Waals surface area contributed by atoms with Gasteiger partial charge in [-0.1, -0.05) is 29.8 Å². The minimum Gasteiger partial charge on any atom is -0.463 e. The lowest BCUT2D eigenvalue weighted by molar-refractivity contribution is -0.148. The zero-order chi connectivity index (χ0) is 15.8. The standard InChI is InChI=1S/C16H23NO4/c1-11(2)21-16(19)9-14(17-15(18)10-20-4)13-7-5-12(3)6-8-13/h5-8,11,14H,9-10H2,1-4H3,(H,17,18). The van der Waals surface area contributed by atoms with Gasteiger partial charge in [0.2, 0.25) is 5.91 Å². The average Bonchev–Trinajstić information content (AvgIpc) is 2.38. The minimum absolute atomic E-state index is 0.0401. The molecule has 0 aliphatic rings. The van der Waals surface area contributed by atoms with Gasteiger partial charge in [0.15, 0.2) is 0 Å². The number of rotatable bonds is 7. The van der Waals surface area contributed by atoms with E-state index >= 15 is 0 Å². The van der Waals surface area contributed by atoms with Crippen molar-refractivity contribution in [1.82, 2.24) is 5.32 Å². The Morgan fingerprint density at radius 3 is 2.33 bits per heavy atom. The lowest BCUT2D eigenvalue weighted by Crippen LogP contribution is -2.33. The Balaban J connectivity index is 2.81. The number of carbonyl (C=O) groups excluding carboxylic acids is 2. The van der Waals surface area contributed by atoms with Gasteiger partial charge in [-0.05, 0) is 26.3 Å². The van der Waals surface area contributed by atoms with Crippen LogP contribution in [0.25, 0.3) is 0 Å². The monoisotopic (exact) mass is 293 g/mol. The van der Waals surface area contributed by atoms with Crippen LogP contribution < -0.4 is 5.32 Å². The van der Waals surface area contributed by atoms with E-state index in [0.717, 1.165) is 11.1 Å². The van der Waals surface area contributed by atoms with E-state index in [9.17, 15) is 9.59 Å². The molecule has 1 unspecified atom stereocenters. The highest BCUT2D eigenvalue weighted by atomic mass is 16.5. The van der Waals surface area contributed by atoms with Crippen molar-refractivity contribution in [2.24, 2.45) is 0 Å². The largest absolute Gasteiger partial charge is 0.463 e. The van der Waals surface area contributed by atoms with Crippen LogP contribution in [0.3, 0.4) is 0 Å². The molecular weight excluding hydrogens is 270 g/mol. The van der Waals surface area contributed by atoms with Crippen LogP contribution in [0.5, 0.6) is 0 Å². The van der Waals surface area contributed by atoms with E-state index in [1.54, 1.807) is 13.8 Å². The Kier molecular flexibility index (Phi) is 6.88. The first-order valence-electron chi connectivity index (χ1n) is 6.96. The van der Waals surface area contributed by atoms with Gasteiger partial charge in [0.05, 0.1) is 18.6 Å². The second kappa shape index (κ2) is 8.42. The van der Waals surface area contributed by atoms with Gasteiger partial charge >= 0.3 is 5.97 Å². The molecule has 5 heteroatoms. The topological polar surface area (TPSA) is 64.6 Å². The van der Waals surface area contributed by atoms with Crippen LogP contribution in [-0.4, -0.2) is 31.7 Å². The van der Waals surface area contributed by atoms with Crippen LogP contribution in [0, 0.1) is 6.92 Å². The smallest absolute Gasteiger partial charge is 0.308 e. The highest BCUT2D eigenvalue weighted by molar-refractivity contribution is 5.79. The predicted octanol–water partition coefficient (Wildman–Crippen LogP) is 2.14. The summed E-state index contributed by atoms with van der Waals surface area (Å²) in [4.78, 5) is 23.5. The Labute approximate surface area is 125 Å². The lowest BCUT2D eigenvalue weighted by atomic mass is 10.0. The molecule has 1 N–H and O–H groups in total. The summed E-state index contributed by atoms with van der Waals surface area (Å²) in [6.45, 7) is 5.53. The summed E-state index contributed by atoms with van der Waals surface area (Å²) in [7, 11) is 1.45. The van der Waals surface area contributed by atoms with E-state index in [2.05, 4.69) is 5.32 Å². The van der Waals surface area contributed by atoms with E-state index < -0.39 is 6.04 Å². The van der Waals surface area contributed by atoms with E-state index in [1.165, 1.54) is 7.11 Å². The number of nitrogens with one attached hydrogen (secondary N) is 1. The highest BCUT2D eigenvalue weighted by Gasteiger charge is 2.19. The fraction of sp³-hybridized carbons (Fsp3) is 0.500. The number of ether oxygens (including phenoxy) is 2. The zero-order valence-corrected chi connectivity index (χ0v) is 13.0. The van der Waals surface area contributed by atoms with Gasteiger partial charge in [-0.15, -0.1) is 0 Å². The SMILES string of the molecule is COCC(=O)NC(CC(=O)OC(C)C)c1ccc(C)cc1.